The molecule has 0 saturated heterocycles. The number of anilines is 3. The SMILES string of the molecule is c1cc(-c2ccc3c(c2)sc2ccccc23)cc(N(c2cccc3oc4c5ccccc5ccc4c23)c2cccc3sc4ccccc4c23)c1. The fourth-order valence-corrected chi connectivity index (χ4v) is 10.1. The van der Waals surface area contributed by atoms with Crippen LogP contribution in [0, 0.1) is 0 Å². The zero-order chi connectivity index (χ0) is 32.8. The lowest BCUT2D eigenvalue weighted by Crippen LogP contribution is -2.10. The summed E-state index contributed by atoms with van der Waals surface area (Å²) in [5, 5.41) is 9.71. The Balaban J connectivity index is 1.19. The first kappa shape index (κ1) is 28.0. The van der Waals surface area contributed by atoms with E-state index in [1.165, 1.54) is 56.9 Å². The molecule has 0 saturated carbocycles. The van der Waals surface area contributed by atoms with Gasteiger partial charge in [0.2, 0.25) is 0 Å². The van der Waals surface area contributed by atoms with Gasteiger partial charge in [0.1, 0.15) is 11.2 Å². The van der Waals surface area contributed by atoms with E-state index in [1.807, 2.05) is 22.7 Å². The molecule has 0 radical (unpaired) electrons. The van der Waals surface area contributed by atoms with Crippen LogP contribution in [-0.4, -0.2) is 0 Å². The van der Waals surface area contributed by atoms with Crippen molar-refractivity contribution < 1.29 is 4.42 Å². The highest BCUT2D eigenvalue weighted by Gasteiger charge is 2.23. The first-order valence-electron chi connectivity index (χ1n) is 16.8. The summed E-state index contributed by atoms with van der Waals surface area (Å²) in [5.74, 6) is 0. The van der Waals surface area contributed by atoms with Gasteiger partial charge in [-0.3, -0.25) is 0 Å². The van der Waals surface area contributed by atoms with Crippen molar-refractivity contribution in [2.24, 2.45) is 0 Å². The van der Waals surface area contributed by atoms with Gasteiger partial charge in [-0.1, -0.05) is 103 Å². The molecule has 0 amide bonds. The molecule has 2 nitrogen and oxygen atoms in total. The Morgan fingerprint density at radius 3 is 1.94 bits per heavy atom. The minimum absolute atomic E-state index is 0.882. The highest BCUT2D eigenvalue weighted by Crippen LogP contribution is 2.49. The molecule has 8 aromatic carbocycles. The maximum atomic E-state index is 6.71. The smallest absolute Gasteiger partial charge is 0.143 e. The summed E-state index contributed by atoms with van der Waals surface area (Å²) < 4.78 is 11.9. The normalized spacial score (nSPS) is 12.0. The maximum absolute atomic E-state index is 6.71. The summed E-state index contributed by atoms with van der Waals surface area (Å²) in [5.41, 5.74) is 7.55. The highest BCUT2D eigenvalue weighted by atomic mass is 32.1. The molecule has 0 atom stereocenters. The largest absolute Gasteiger partial charge is 0.455 e. The first-order chi connectivity index (χ1) is 24.8. The van der Waals surface area contributed by atoms with Crippen molar-refractivity contribution in [3.8, 4) is 11.1 Å². The minimum Gasteiger partial charge on any atom is -0.455 e. The number of furan rings is 1. The Morgan fingerprint density at radius 1 is 0.400 bits per heavy atom. The third kappa shape index (κ3) is 4.13. The molecular weight excluding hydrogens is 647 g/mol. The predicted molar refractivity (Wildman–Crippen MR) is 217 cm³/mol. The van der Waals surface area contributed by atoms with Crippen LogP contribution in [0.1, 0.15) is 0 Å². The predicted octanol–water partition coefficient (Wildman–Crippen LogP) is 14.6. The summed E-state index contributed by atoms with van der Waals surface area (Å²) in [6.45, 7) is 0. The van der Waals surface area contributed by atoms with Crippen molar-refractivity contribution in [1.29, 1.82) is 0 Å². The van der Waals surface area contributed by atoms with Gasteiger partial charge in [0, 0.05) is 56.8 Å². The van der Waals surface area contributed by atoms with Crippen LogP contribution < -0.4 is 4.90 Å². The maximum Gasteiger partial charge on any atom is 0.143 e. The summed E-state index contributed by atoms with van der Waals surface area (Å²) in [4.78, 5) is 2.45. The average Bonchev–Trinajstić information content (AvgIpc) is 3.87. The molecule has 0 aliphatic carbocycles. The summed E-state index contributed by atoms with van der Waals surface area (Å²) in [6, 6.07) is 59.5. The number of hydrogen-bond donors (Lipinski definition) is 0. The van der Waals surface area contributed by atoms with E-state index in [0.29, 0.717) is 0 Å². The van der Waals surface area contributed by atoms with Gasteiger partial charge < -0.3 is 9.32 Å². The molecular formula is C46H27NOS2. The lowest BCUT2D eigenvalue weighted by Gasteiger charge is -2.27. The van der Waals surface area contributed by atoms with E-state index in [1.54, 1.807) is 0 Å². The van der Waals surface area contributed by atoms with Crippen molar-refractivity contribution in [2.45, 2.75) is 0 Å². The molecule has 11 rings (SSSR count). The van der Waals surface area contributed by atoms with E-state index in [2.05, 4.69) is 169 Å². The van der Waals surface area contributed by atoms with Gasteiger partial charge in [-0.05, 0) is 77.2 Å². The average molecular weight is 674 g/mol. The summed E-state index contributed by atoms with van der Waals surface area (Å²) in [7, 11) is 0. The topological polar surface area (TPSA) is 16.4 Å². The molecule has 0 unspecified atom stereocenters. The van der Waals surface area contributed by atoms with Crippen LogP contribution in [0.5, 0.6) is 0 Å². The van der Waals surface area contributed by atoms with E-state index in [0.717, 1.165) is 44.4 Å². The molecule has 0 bridgehead atoms. The zero-order valence-corrected chi connectivity index (χ0v) is 28.4. The van der Waals surface area contributed by atoms with Crippen molar-refractivity contribution >= 4 is 113 Å². The van der Waals surface area contributed by atoms with Crippen molar-refractivity contribution in [3.63, 3.8) is 0 Å². The van der Waals surface area contributed by atoms with Gasteiger partial charge >= 0.3 is 0 Å². The lowest BCUT2D eigenvalue weighted by atomic mass is 10.0. The standard InChI is InChI=1S/C46H27NOS2/c1-2-13-32-28(10-1)22-25-36-44-37(16-8-18-39(44)48-46(32)36)47(38-17-9-21-42-45(38)35-15-4-6-20-41(35)49-42)31-12-7-11-29(26-31)30-23-24-34-33-14-3-5-19-40(33)50-43(34)27-30/h1-27H. The third-order valence-electron chi connectivity index (χ3n) is 10.0. The molecule has 0 aliphatic rings. The number of fused-ring (bicyclic) bond motifs is 11. The van der Waals surface area contributed by atoms with E-state index >= 15 is 0 Å². The second-order valence-corrected chi connectivity index (χ2v) is 15.0. The number of hydrogen-bond acceptors (Lipinski definition) is 4. The quantitative estimate of drug-likeness (QED) is 0.185. The molecule has 0 spiro atoms. The number of rotatable bonds is 4. The fraction of sp³-hybridized carbons (Fsp3) is 0. The second kappa shape index (κ2) is 10.8. The molecule has 0 fully saturated rings. The first-order valence-corrected chi connectivity index (χ1v) is 18.5. The fourth-order valence-electron chi connectivity index (χ4n) is 7.80. The van der Waals surface area contributed by atoms with E-state index < -0.39 is 0 Å². The Hall–Kier alpha value is -5.94. The third-order valence-corrected chi connectivity index (χ3v) is 12.3. The number of thiophene rings is 2. The lowest BCUT2D eigenvalue weighted by molar-refractivity contribution is 0.672. The molecule has 3 aromatic heterocycles. The second-order valence-electron chi connectivity index (χ2n) is 12.9. The monoisotopic (exact) mass is 673 g/mol. The van der Waals surface area contributed by atoms with Crippen LogP contribution in [0.2, 0.25) is 0 Å². The van der Waals surface area contributed by atoms with E-state index in [4.69, 9.17) is 4.42 Å². The zero-order valence-electron chi connectivity index (χ0n) is 26.8. The molecule has 4 heteroatoms. The number of benzene rings is 8. The minimum atomic E-state index is 0.882. The molecule has 0 N–H and O–H groups in total. The van der Waals surface area contributed by atoms with Crippen LogP contribution in [0.4, 0.5) is 17.1 Å². The Kier molecular flexibility index (Phi) is 6.03. The van der Waals surface area contributed by atoms with Crippen LogP contribution in [-0.2, 0) is 0 Å². The van der Waals surface area contributed by atoms with Crippen LogP contribution in [0.25, 0.3) is 84.2 Å². The Morgan fingerprint density at radius 2 is 1.04 bits per heavy atom. The van der Waals surface area contributed by atoms with Crippen molar-refractivity contribution in [1.82, 2.24) is 0 Å². The van der Waals surface area contributed by atoms with Crippen molar-refractivity contribution in [3.05, 3.63) is 164 Å². The van der Waals surface area contributed by atoms with Gasteiger partial charge in [-0.15, -0.1) is 22.7 Å². The van der Waals surface area contributed by atoms with Gasteiger partial charge in [0.25, 0.3) is 0 Å². The van der Waals surface area contributed by atoms with Gasteiger partial charge in [0.15, 0.2) is 0 Å². The van der Waals surface area contributed by atoms with Crippen molar-refractivity contribution in [2.75, 3.05) is 4.90 Å². The van der Waals surface area contributed by atoms with Crippen LogP contribution in [0.3, 0.4) is 0 Å². The molecule has 234 valence electrons. The Bertz CT molecular complexity index is 3130. The molecule has 11 aromatic rings. The van der Waals surface area contributed by atoms with Gasteiger partial charge in [-0.2, -0.15) is 0 Å². The number of nitrogens with zero attached hydrogens (tertiary/aromatic N) is 1. The molecule has 50 heavy (non-hydrogen) atoms. The van der Waals surface area contributed by atoms with Gasteiger partial charge in [-0.25, -0.2) is 0 Å². The highest BCUT2D eigenvalue weighted by molar-refractivity contribution is 7.26. The van der Waals surface area contributed by atoms with E-state index in [-0.39, 0.29) is 0 Å². The van der Waals surface area contributed by atoms with Crippen LogP contribution in [0.15, 0.2) is 168 Å². The molecule has 3 heterocycles. The summed E-state index contributed by atoms with van der Waals surface area (Å²) >= 11 is 3.71. The Labute approximate surface area is 295 Å². The molecule has 0 aliphatic heterocycles. The van der Waals surface area contributed by atoms with Gasteiger partial charge in [0.05, 0.1) is 16.8 Å². The summed E-state index contributed by atoms with van der Waals surface area (Å²) in [6.07, 6.45) is 0. The van der Waals surface area contributed by atoms with E-state index in [9.17, 15) is 0 Å². The van der Waals surface area contributed by atoms with Crippen LogP contribution >= 0.6 is 22.7 Å².